The van der Waals surface area contributed by atoms with E-state index in [1.807, 2.05) is 0 Å². The van der Waals surface area contributed by atoms with Gasteiger partial charge in [-0.15, -0.1) is 33.7 Å². The molecule has 0 radical (unpaired) electrons. The van der Waals surface area contributed by atoms with E-state index in [0.717, 1.165) is 12.8 Å². The molecule has 6 rings (SSSR count). The minimum atomic E-state index is 0. The van der Waals surface area contributed by atoms with E-state index in [1.54, 1.807) is 0 Å². The standard InChI is InChI=1S/C28H33.C13H10.2ClH.Zr/c1-8-18-16-23-22-14-13-21(27(2,3)4)15-20(22)17-24(23)25(19-11-9-10-12-19)26(18)28(5,6)7;1-3-7-12(8-4-1)11-13-9-5-2-6-10-13;;;/h9-11,13-17H,8,12H2,1-7H3;1-10H;2*1H;/q-1;;;;+2/p-2. The fourth-order valence-electron chi connectivity index (χ4n) is 6.15. The summed E-state index contributed by atoms with van der Waals surface area (Å²) in [5.74, 6) is 0. The molecule has 5 aromatic rings. The Hall–Kier alpha value is -2.44. The van der Waals surface area contributed by atoms with Crippen LogP contribution in [-0.4, -0.2) is 3.21 Å². The number of aryl methyl sites for hydroxylation is 1. The molecule has 0 heterocycles. The summed E-state index contributed by atoms with van der Waals surface area (Å²) < 4.78 is 1.42. The zero-order valence-corrected chi connectivity index (χ0v) is 31.0. The quantitative estimate of drug-likeness (QED) is 0.232. The predicted octanol–water partition coefficient (Wildman–Crippen LogP) is 5.02. The van der Waals surface area contributed by atoms with Gasteiger partial charge >= 0.3 is 99.2 Å². The molecule has 0 atom stereocenters. The van der Waals surface area contributed by atoms with Crippen molar-refractivity contribution in [3.8, 4) is 0 Å². The van der Waals surface area contributed by atoms with Crippen molar-refractivity contribution in [2.24, 2.45) is 0 Å². The summed E-state index contributed by atoms with van der Waals surface area (Å²) in [5.41, 5.74) is 10.3. The Morgan fingerprint density at radius 1 is 0.750 bits per heavy atom. The maximum absolute atomic E-state index is 2.47. The van der Waals surface area contributed by atoms with Crippen LogP contribution in [0.15, 0.2) is 109 Å². The molecule has 226 valence electrons. The van der Waals surface area contributed by atoms with E-state index in [-0.39, 0.29) is 35.6 Å². The van der Waals surface area contributed by atoms with Crippen molar-refractivity contribution >= 4 is 30.3 Å². The van der Waals surface area contributed by atoms with Crippen molar-refractivity contribution < 1.29 is 49.0 Å². The topological polar surface area (TPSA) is 0 Å². The van der Waals surface area contributed by atoms with Gasteiger partial charge in [0.15, 0.2) is 0 Å². The second kappa shape index (κ2) is 14.8. The van der Waals surface area contributed by atoms with Gasteiger partial charge in [-0.05, 0) is 23.7 Å². The number of rotatable bonds is 4. The minimum absolute atomic E-state index is 0. The average Bonchev–Trinajstić information content (AvgIpc) is 3.64. The molecule has 0 N–H and O–H groups in total. The van der Waals surface area contributed by atoms with E-state index in [0.29, 0.717) is 0 Å². The molecule has 0 amide bonds. The second-order valence-electron chi connectivity index (χ2n) is 13.5. The molecule has 0 saturated carbocycles. The molecule has 1 aliphatic rings. The molecule has 3 heteroatoms. The monoisotopic (exact) mass is 695 g/mol. The fraction of sp³-hybridized carbons (Fsp3) is 0.268. The molecule has 1 aliphatic carbocycles. The van der Waals surface area contributed by atoms with Gasteiger partial charge in [0.1, 0.15) is 0 Å². The number of allylic oxidation sites excluding steroid dienone is 4. The zero-order chi connectivity index (χ0) is 30.1. The van der Waals surface area contributed by atoms with E-state index in [9.17, 15) is 0 Å². The van der Waals surface area contributed by atoms with Crippen molar-refractivity contribution in [2.75, 3.05) is 0 Å². The molecule has 0 nitrogen and oxygen atoms in total. The molecule has 0 fully saturated rings. The molecule has 0 saturated heterocycles. The van der Waals surface area contributed by atoms with Gasteiger partial charge in [-0.1, -0.05) is 113 Å². The maximum atomic E-state index is 2.47. The van der Waals surface area contributed by atoms with Gasteiger partial charge in [0.2, 0.25) is 0 Å². The third-order valence-electron chi connectivity index (χ3n) is 8.30. The Bertz CT molecular complexity index is 1750. The molecule has 44 heavy (non-hydrogen) atoms. The molecule has 0 aromatic heterocycles. The summed E-state index contributed by atoms with van der Waals surface area (Å²) in [6.45, 7) is 16.3. The van der Waals surface area contributed by atoms with Crippen LogP contribution >= 0.6 is 0 Å². The van der Waals surface area contributed by atoms with E-state index in [1.165, 1.54) is 87.9 Å². The molecule has 0 aliphatic heterocycles. The van der Waals surface area contributed by atoms with Crippen LogP contribution in [0.1, 0.15) is 88.3 Å². The third-order valence-corrected chi connectivity index (χ3v) is 9.72. The summed E-state index contributed by atoms with van der Waals surface area (Å²) in [6, 6.07) is 33.1. The van der Waals surface area contributed by atoms with Crippen LogP contribution in [0, 0.1) is 0 Å². The van der Waals surface area contributed by atoms with Crippen molar-refractivity contribution in [1.29, 1.82) is 0 Å². The molecule has 0 spiro atoms. The van der Waals surface area contributed by atoms with Crippen LogP contribution in [0.5, 0.6) is 0 Å². The number of hydrogen-bond donors (Lipinski definition) is 0. The summed E-state index contributed by atoms with van der Waals surface area (Å²) in [6.07, 6.45) is 8.93. The van der Waals surface area contributed by atoms with Gasteiger partial charge in [0.25, 0.3) is 0 Å². The van der Waals surface area contributed by atoms with Crippen LogP contribution in [0.25, 0.3) is 27.1 Å². The Kier molecular flexibility index (Phi) is 12.1. The number of halogens is 2. The first-order valence-electron chi connectivity index (χ1n) is 15.2. The fourth-order valence-corrected chi connectivity index (χ4v) is 6.97. The predicted molar refractivity (Wildman–Crippen MR) is 182 cm³/mol. The Morgan fingerprint density at radius 3 is 1.82 bits per heavy atom. The van der Waals surface area contributed by atoms with E-state index >= 15 is 0 Å². The second-order valence-corrected chi connectivity index (χ2v) is 14.7. The van der Waals surface area contributed by atoms with Crippen molar-refractivity contribution in [3.63, 3.8) is 0 Å². The van der Waals surface area contributed by atoms with Crippen LogP contribution in [-0.2, 0) is 41.5 Å². The van der Waals surface area contributed by atoms with Crippen LogP contribution in [0.2, 0.25) is 0 Å². The SMILES string of the molecule is CCc1cc2c([cH-]c3cc(C(C)(C)C)ccc32)c(C2=CC=CC2)c1C(C)(C)C.[Cl-].[Cl-].[Zr+2]=[C](c1ccccc1)c1ccccc1. The van der Waals surface area contributed by atoms with Crippen molar-refractivity contribution in [2.45, 2.75) is 72.1 Å². The van der Waals surface area contributed by atoms with E-state index in [2.05, 4.69) is 158 Å². The van der Waals surface area contributed by atoms with E-state index in [4.69, 9.17) is 0 Å². The van der Waals surface area contributed by atoms with Crippen LogP contribution in [0.4, 0.5) is 0 Å². The summed E-state index contributed by atoms with van der Waals surface area (Å²) in [5, 5.41) is 5.62. The molecular formula is C41H43Cl2Zr-. The first-order chi connectivity index (χ1) is 20.0. The van der Waals surface area contributed by atoms with Gasteiger partial charge < -0.3 is 24.8 Å². The van der Waals surface area contributed by atoms with Crippen LogP contribution < -0.4 is 24.8 Å². The van der Waals surface area contributed by atoms with Gasteiger partial charge in [0.05, 0.1) is 0 Å². The van der Waals surface area contributed by atoms with Gasteiger partial charge in [-0.3, -0.25) is 0 Å². The number of hydrogen-bond acceptors (Lipinski definition) is 0. The Morgan fingerprint density at radius 2 is 1.34 bits per heavy atom. The Balaban J connectivity index is 0.000000280. The first-order valence-corrected chi connectivity index (χ1v) is 16.5. The molecular weight excluding hydrogens is 655 g/mol. The summed E-state index contributed by atoms with van der Waals surface area (Å²) >= 11 is 1.46. The van der Waals surface area contributed by atoms with Gasteiger partial charge in [-0.2, -0.15) is 0 Å². The van der Waals surface area contributed by atoms with Crippen LogP contribution in [0.3, 0.4) is 0 Å². The molecule has 5 aromatic carbocycles. The molecule has 0 unspecified atom stereocenters. The van der Waals surface area contributed by atoms with Gasteiger partial charge in [-0.25, -0.2) is 0 Å². The van der Waals surface area contributed by atoms with Crippen molar-refractivity contribution in [3.05, 3.63) is 143 Å². The van der Waals surface area contributed by atoms with Crippen molar-refractivity contribution in [1.82, 2.24) is 0 Å². The first kappa shape index (κ1) is 36.0. The van der Waals surface area contributed by atoms with E-state index < -0.39 is 0 Å². The Labute approximate surface area is 292 Å². The zero-order valence-electron chi connectivity index (χ0n) is 27.1. The molecule has 0 bridgehead atoms. The number of benzene rings is 4. The normalized spacial score (nSPS) is 12.7. The third kappa shape index (κ3) is 7.67. The summed E-state index contributed by atoms with van der Waals surface area (Å²) in [7, 11) is 0. The number of fused-ring (bicyclic) bond motifs is 3. The summed E-state index contributed by atoms with van der Waals surface area (Å²) in [4.78, 5) is 0. The average molecular weight is 698 g/mol. The van der Waals surface area contributed by atoms with Gasteiger partial charge in [0, 0.05) is 0 Å².